The summed E-state index contributed by atoms with van der Waals surface area (Å²) in [6.07, 6.45) is 1.17. The second kappa shape index (κ2) is 11.2. The Labute approximate surface area is 209 Å². The Hall–Kier alpha value is -3.66. The van der Waals surface area contributed by atoms with Crippen molar-refractivity contribution in [2.75, 3.05) is 0 Å². The van der Waals surface area contributed by atoms with Gasteiger partial charge < -0.3 is 9.47 Å². The molecule has 0 bridgehead atoms. The number of benzene rings is 2. The maximum atomic E-state index is 12.1. The smallest absolute Gasteiger partial charge is 0.338 e. The number of hydrogen-bond donors (Lipinski definition) is 0. The van der Waals surface area contributed by atoms with E-state index in [-0.39, 0.29) is 5.41 Å². The lowest BCUT2D eigenvalue weighted by Gasteiger charge is -2.28. The van der Waals surface area contributed by atoms with Gasteiger partial charge in [-0.05, 0) is 74.9 Å². The standard InChI is InChI=1S/C31H36O4/c1-19(2)15-23-17-25(11-13-27(23)34-29(32)21(5)6)31(9,10)26-12-14-28(35-30(33)22(7)8)24(18-26)16-20(3)4/h11-14,17-18H,1,3,5,7,15-16H2,2,4,6,8-10H3. The summed E-state index contributed by atoms with van der Waals surface area (Å²) >= 11 is 0. The molecule has 0 atom stereocenters. The van der Waals surface area contributed by atoms with Crippen molar-refractivity contribution >= 4 is 11.9 Å². The van der Waals surface area contributed by atoms with E-state index in [1.807, 2.05) is 38.1 Å². The van der Waals surface area contributed by atoms with E-state index in [1.54, 1.807) is 13.8 Å². The minimum atomic E-state index is -0.454. The number of carbonyl (C=O) groups excluding carboxylic acids is 2. The van der Waals surface area contributed by atoms with Crippen LogP contribution < -0.4 is 9.47 Å². The highest BCUT2D eigenvalue weighted by molar-refractivity contribution is 5.89. The van der Waals surface area contributed by atoms with E-state index < -0.39 is 11.9 Å². The highest BCUT2D eigenvalue weighted by Crippen LogP contribution is 2.37. The Kier molecular flexibility index (Phi) is 8.81. The van der Waals surface area contributed by atoms with E-state index in [1.165, 1.54) is 0 Å². The van der Waals surface area contributed by atoms with Crippen molar-refractivity contribution in [2.24, 2.45) is 0 Å². The zero-order valence-corrected chi connectivity index (χ0v) is 21.8. The van der Waals surface area contributed by atoms with Crippen LogP contribution in [0.15, 0.2) is 85.0 Å². The molecule has 35 heavy (non-hydrogen) atoms. The first-order valence-electron chi connectivity index (χ1n) is 11.5. The highest BCUT2D eigenvalue weighted by atomic mass is 16.5. The van der Waals surface area contributed by atoms with Crippen LogP contribution in [0.4, 0.5) is 0 Å². The van der Waals surface area contributed by atoms with E-state index in [2.05, 4.69) is 52.3 Å². The zero-order valence-electron chi connectivity index (χ0n) is 21.8. The molecular formula is C31H36O4. The second-order valence-electron chi connectivity index (χ2n) is 9.88. The fourth-order valence-electron chi connectivity index (χ4n) is 3.60. The molecule has 4 nitrogen and oxygen atoms in total. The molecule has 0 unspecified atom stereocenters. The van der Waals surface area contributed by atoms with Gasteiger partial charge in [-0.3, -0.25) is 0 Å². The summed E-state index contributed by atoms with van der Waals surface area (Å²) in [4.78, 5) is 24.3. The molecule has 0 fully saturated rings. The number of hydrogen-bond acceptors (Lipinski definition) is 4. The Morgan fingerprint density at radius 3 is 1.31 bits per heavy atom. The van der Waals surface area contributed by atoms with Crippen molar-refractivity contribution in [1.29, 1.82) is 0 Å². The quantitative estimate of drug-likeness (QED) is 0.159. The lowest BCUT2D eigenvalue weighted by atomic mass is 9.76. The molecule has 2 rings (SSSR count). The molecule has 0 saturated carbocycles. The molecule has 0 amide bonds. The SMILES string of the molecule is C=C(C)Cc1cc(C(C)(C)c2ccc(OC(=O)C(=C)C)c(CC(=C)C)c2)ccc1OC(=O)C(=C)C. The Morgan fingerprint density at radius 1 is 0.686 bits per heavy atom. The van der Waals surface area contributed by atoms with Gasteiger partial charge in [0.05, 0.1) is 0 Å². The van der Waals surface area contributed by atoms with Gasteiger partial charge in [0.2, 0.25) is 0 Å². The van der Waals surface area contributed by atoms with Gasteiger partial charge in [0.15, 0.2) is 0 Å². The van der Waals surface area contributed by atoms with Crippen LogP contribution in [-0.4, -0.2) is 11.9 Å². The van der Waals surface area contributed by atoms with Gasteiger partial charge in [0.1, 0.15) is 11.5 Å². The predicted octanol–water partition coefficient (Wildman–Crippen LogP) is 7.21. The number of ether oxygens (including phenoxy) is 2. The third kappa shape index (κ3) is 7.16. The van der Waals surface area contributed by atoms with Crippen LogP contribution in [0.5, 0.6) is 11.5 Å². The van der Waals surface area contributed by atoms with E-state index in [0.717, 1.165) is 33.4 Å². The lowest BCUT2D eigenvalue weighted by Crippen LogP contribution is -2.20. The van der Waals surface area contributed by atoms with Crippen molar-refractivity contribution < 1.29 is 19.1 Å². The van der Waals surface area contributed by atoms with Crippen molar-refractivity contribution in [3.05, 3.63) is 107 Å². The number of allylic oxidation sites excluding steroid dienone is 2. The number of esters is 2. The van der Waals surface area contributed by atoms with Crippen LogP contribution in [-0.2, 0) is 27.8 Å². The average molecular weight is 473 g/mol. The largest absolute Gasteiger partial charge is 0.423 e. The molecule has 184 valence electrons. The Balaban J connectivity index is 2.54. The second-order valence-corrected chi connectivity index (χ2v) is 9.88. The molecule has 4 heteroatoms. The molecule has 0 aromatic heterocycles. The van der Waals surface area contributed by atoms with E-state index >= 15 is 0 Å². The molecule has 2 aromatic rings. The minimum absolute atomic E-state index is 0.341. The average Bonchev–Trinajstić information content (AvgIpc) is 2.74. The summed E-state index contributed by atoms with van der Waals surface area (Å²) in [6.45, 7) is 26.8. The first kappa shape index (κ1) is 27.6. The molecule has 0 aliphatic heterocycles. The van der Waals surface area contributed by atoms with Crippen molar-refractivity contribution in [3.63, 3.8) is 0 Å². The predicted molar refractivity (Wildman–Crippen MR) is 143 cm³/mol. The van der Waals surface area contributed by atoms with Gasteiger partial charge in [-0.2, -0.15) is 0 Å². The van der Waals surface area contributed by atoms with Crippen LogP contribution in [0, 0.1) is 0 Å². The van der Waals surface area contributed by atoms with Crippen LogP contribution in [0.2, 0.25) is 0 Å². The first-order valence-corrected chi connectivity index (χ1v) is 11.5. The summed E-state index contributed by atoms with van der Waals surface area (Å²) in [7, 11) is 0. The number of rotatable bonds is 10. The van der Waals surface area contributed by atoms with E-state index in [0.29, 0.717) is 35.5 Å². The molecular weight excluding hydrogens is 436 g/mol. The van der Waals surface area contributed by atoms with Crippen LogP contribution in [0.3, 0.4) is 0 Å². The molecule has 2 aromatic carbocycles. The molecule has 0 aliphatic rings. The molecule has 0 radical (unpaired) electrons. The van der Waals surface area contributed by atoms with Crippen molar-refractivity contribution in [3.8, 4) is 11.5 Å². The maximum absolute atomic E-state index is 12.1. The summed E-state index contributed by atoms with van der Waals surface area (Å²) in [5.74, 6) is 0.102. The van der Waals surface area contributed by atoms with Gasteiger partial charge in [-0.1, -0.05) is 75.6 Å². The van der Waals surface area contributed by atoms with E-state index in [9.17, 15) is 9.59 Å². The third-order valence-electron chi connectivity index (χ3n) is 5.65. The lowest BCUT2D eigenvalue weighted by molar-refractivity contribution is -0.131. The van der Waals surface area contributed by atoms with Gasteiger partial charge in [-0.25, -0.2) is 9.59 Å². The normalized spacial score (nSPS) is 10.9. The molecule has 0 saturated heterocycles. The highest BCUT2D eigenvalue weighted by Gasteiger charge is 2.26. The van der Waals surface area contributed by atoms with Crippen molar-refractivity contribution in [1.82, 2.24) is 0 Å². The third-order valence-corrected chi connectivity index (χ3v) is 5.65. The van der Waals surface area contributed by atoms with Gasteiger partial charge in [0, 0.05) is 16.6 Å². The van der Waals surface area contributed by atoms with Crippen LogP contribution >= 0.6 is 0 Å². The summed E-state index contributed by atoms with van der Waals surface area (Å²) in [6, 6.07) is 11.7. The molecule has 0 N–H and O–H groups in total. The monoisotopic (exact) mass is 472 g/mol. The summed E-state index contributed by atoms with van der Waals surface area (Å²) < 4.78 is 11.1. The maximum Gasteiger partial charge on any atom is 0.338 e. The first-order chi connectivity index (χ1) is 16.2. The van der Waals surface area contributed by atoms with E-state index in [4.69, 9.17) is 9.47 Å². The number of carbonyl (C=O) groups is 2. The van der Waals surface area contributed by atoms with Crippen molar-refractivity contribution in [2.45, 2.75) is 59.8 Å². The molecule has 0 spiro atoms. The molecule has 0 heterocycles. The van der Waals surface area contributed by atoms with Gasteiger partial charge in [-0.15, -0.1) is 0 Å². The summed E-state index contributed by atoms with van der Waals surface area (Å²) in [5, 5.41) is 0. The fraction of sp³-hybridized carbons (Fsp3) is 0.290. The Bertz CT molecular complexity index is 1120. The van der Waals surface area contributed by atoms with Gasteiger partial charge >= 0.3 is 11.9 Å². The topological polar surface area (TPSA) is 52.6 Å². The van der Waals surface area contributed by atoms with Gasteiger partial charge in [0.25, 0.3) is 0 Å². The fourth-order valence-corrected chi connectivity index (χ4v) is 3.60. The van der Waals surface area contributed by atoms with Crippen LogP contribution in [0.25, 0.3) is 0 Å². The van der Waals surface area contributed by atoms with Crippen LogP contribution in [0.1, 0.15) is 63.8 Å². The zero-order chi connectivity index (χ0) is 26.5. The summed E-state index contributed by atoms with van der Waals surface area (Å²) in [5.41, 5.74) is 6.08. The molecule has 0 aliphatic carbocycles. The Morgan fingerprint density at radius 2 is 1.03 bits per heavy atom. The minimum Gasteiger partial charge on any atom is -0.423 e.